The maximum absolute atomic E-state index is 10.8. The summed E-state index contributed by atoms with van der Waals surface area (Å²) in [6.45, 7) is 4.29. The van der Waals surface area contributed by atoms with Gasteiger partial charge in [0.1, 0.15) is 0 Å². The molecule has 2 N–H and O–H groups in total. The highest BCUT2D eigenvalue weighted by Gasteiger charge is 1.89. The van der Waals surface area contributed by atoms with Crippen LogP contribution in [-0.2, 0) is 9.59 Å². The van der Waals surface area contributed by atoms with Crippen LogP contribution < -0.4 is 10.6 Å². The van der Waals surface area contributed by atoms with Crippen LogP contribution in [0.1, 0.15) is 13.8 Å². The van der Waals surface area contributed by atoms with E-state index in [0.29, 0.717) is 13.1 Å². The van der Waals surface area contributed by atoms with Crippen LogP contribution in [0.15, 0.2) is 12.2 Å². The van der Waals surface area contributed by atoms with E-state index < -0.39 is 0 Å². The standard InChI is InChI=1S/C8H14N2O2/c1-3-9-8(12)5-4-6-10-7(2)11/h4-5H,3,6H2,1-2H3,(H,9,12)(H,10,11)/b5-4+. The molecule has 0 fully saturated rings. The largest absolute Gasteiger partial charge is 0.353 e. The zero-order valence-corrected chi connectivity index (χ0v) is 7.39. The molecule has 0 aliphatic carbocycles. The first-order valence-electron chi connectivity index (χ1n) is 3.85. The molecule has 0 aliphatic heterocycles. The Morgan fingerprint density at radius 3 is 2.50 bits per heavy atom. The van der Waals surface area contributed by atoms with Crippen molar-refractivity contribution < 1.29 is 9.59 Å². The molecule has 68 valence electrons. The monoisotopic (exact) mass is 170 g/mol. The van der Waals surface area contributed by atoms with Crippen molar-refractivity contribution in [2.24, 2.45) is 0 Å². The third kappa shape index (κ3) is 6.80. The van der Waals surface area contributed by atoms with E-state index in [1.165, 1.54) is 13.0 Å². The first kappa shape index (κ1) is 10.7. The predicted octanol–water partition coefficient (Wildman–Crippen LogP) is -0.185. The second kappa shape index (κ2) is 6.39. The minimum Gasteiger partial charge on any atom is -0.353 e. The average Bonchev–Trinajstić information content (AvgIpc) is 1.98. The molecule has 0 saturated carbocycles. The Morgan fingerprint density at radius 1 is 1.33 bits per heavy atom. The lowest BCUT2D eigenvalue weighted by Crippen LogP contribution is -2.22. The van der Waals surface area contributed by atoms with Crippen molar-refractivity contribution in [3.8, 4) is 0 Å². The smallest absolute Gasteiger partial charge is 0.243 e. The van der Waals surface area contributed by atoms with Gasteiger partial charge in [0.15, 0.2) is 0 Å². The fourth-order valence-electron chi connectivity index (χ4n) is 0.602. The van der Waals surface area contributed by atoms with Gasteiger partial charge in [-0.15, -0.1) is 0 Å². The molecule has 0 aromatic rings. The molecule has 0 aromatic heterocycles. The predicted molar refractivity (Wildman–Crippen MR) is 46.5 cm³/mol. The number of hydrogen-bond acceptors (Lipinski definition) is 2. The molecule has 12 heavy (non-hydrogen) atoms. The molecule has 0 atom stereocenters. The second-order valence-electron chi connectivity index (χ2n) is 2.23. The van der Waals surface area contributed by atoms with Gasteiger partial charge < -0.3 is 10.6 Å². The van der Waals surface area contributed by atoms with Gasteiger partial charge in [-0.05, 0) is 6.92 Å². The number of likely N-dealkylation sites (N-methyl/N-ethyl adjacent to an activating group) is 1. The molecule has 4 nitrogen and oxygen atoms in total. The van der Waals surface area contributed by atoms with Gasteiger partial charge in [-0.1, -0.05) is 6.08 Å². The summed E-state index contributed by atoms with van der Waals surface area (Å²) in [5.74, 6) is -0.238. The molecule has 0 aromatic carbocycles. The maximum Gasteiger partial charge on any atom is 0.243 e. The van der Waals surface area contributed by atoms with Gasteiger partial charge in [0, 0.05) is 26.1 Å². The summed E-state index contributed by atoms with van der Waals surface area (Å²) in [6.07, 6.45) is 3.01. The SMILES string of the molecule is CCNC(=O)/C=C/CNC(C)=O. The lowest BCUT2D eigenvalue weighted by atomic mass is 10.4. The van der Waals surface area contributed by atoms with Gasteiger partial charge >= 0.3 is 0 Å². The Morgan fingerprint density at radius 2 is 2.00 bits per heavy atom. The summed E-state index contributed by atoms with van der Waals surface area (Å²) >= 11 is 0. The summed E-state index contributed by atoms with van der Waals surface area (Å²) < 4.78 is 0. The quantitative estimate of drug-likeness (QED) is 0.575. The zero-order chi connectivity index (χ0) is 9.40. The Kier molecular flexibility index (Phi) is 5.69. The Bertz CT molecular complexity index is 187. The van der Waals surface area contributed by atoms with Crippen molar-refractivity contribution in [2.45, 2.75) is 13.8 Å². The molecule has 0 rings (SSSR count). The molecular weight excluding hydrogens is 156 g/mol. The molecule has 0 heterocycles. The van der Waals surface area contributed by atoms with Gasteiger partial charge in [0.2, 0.25) is 11.8 Å². The van der Waals surface area contributed by atoms with Crippen LogP contribution in [0.2, 0.25) is 0 Å². The number of amides is 2. The maximum atomic E-state index is 10.8. The average molecular weight is 170 g/mol. The van der Waals surface area contributed by atoms with E-state index in [4.69, 9.17) is 0 Å². The highest BCUT2D eigenvalue weighted by molar-refractivity contribution is 5.87. The number of hydrogen-bond donors (Lipinski definition) is 2. The van der Waals surface area contributed by atoms with Crippen LogP contribution in [0.25, 0.3) is 0 Å². The number of carbonyl (C=O) groups excluding carboxylic acids is 2. The lowest BCUT2D eigenvalue weighted by Gasteiger charge is -1.95. The number of nitrogens with one attached hydrogen (secondary N) is 2. The van der Waals surface area contributed by atoms with Gasteiger partial charge in [0.25, 0.3) is 0 Å². The molecule has 0 saturated heterocycles. The fourth-order valence-corrected chi connectivity index (χ4v) is 0.602. The van der Waals surface area contributed by atoms with Crippen LogP contribution >= 0.6 is 0 Å². The Hall–Kier alpha value is -1.32. The fraction of sp³-hybridized carbons (Fsp3) is 0.500. The molecule has 0 radical (unpaired) electrons. The van der Waals surface area contributed by atoms with E-state index in [0.717, 1.165) is 0 Å². The van der Waals surface area contributed by atoms with Crippen molar-refractivity contribution in [2.75, 3.05) is 13.1 Å². The number of carbonyl (C=O) groups is 2. The van der Waals surface area contributed by atoms with Gasteiger partial charge in [-0.25, -0.2) is 0 Å². The summed E-state index contributed by atoms with van der Waals surface area (Å²) in [4.78, 5) is 21.1. The molecular formula is C8H14N2O2. The summed E-state index contributed by atoms with van der Waals surface area (Å²) in [5, 5.41) is 5.13. The zero-order valence-electron chi connectivity index (χ0n) is 7.39. The van der Waals surface area contributed by atoms with Gasteiger partial charge in [0.05, 0.1) is 0 Å². The molecule has 0 unspecified atom stereocenters. The van der Waals surface area contributed by atoms with Crippen molar-refractivity contribution in [3.05, 3.63) is 12.2 Å². The molecule has 4 heteroatoms. The van der Waals surface area contributed by atoms with E-state index in [9.17, 15) is 9.59 Å². The van der Waals surface area contributed by atoms with Crippen molar-refractivity contribution in [3.63, 3.8) is 0 Å². The van der Waals surface area contributed by atoms with E-state index in [-0.39, 0.29) is 11.8 Å². The minimum absolute atomic E-state index is 0.101. The highest BCUT2D eigenvalue weighted by Crippen LogP contribution is 1.72. The van der Waals surface area contributed by atoms with Crippen LogP contribution in [0.4, 0.5) is 0 Å². The molecule has 0 spiro atoms. The van der Waals surface area contributed by atoms with Gasteiger partial charge in [-0.3, -0.25) is 9.59 Å². The Labute approximate surface area is 72.0 Å². The van der Waals surface area contributed by atoms with Crippen LogP contribution in [0, 0.1) is 0 Å². The molecule has 2 amide bonds. The summed E-state index contributed by atoms with van der Waals surface area (Å²) in [5.41, 5.74) is 0. The van der Waals surface area contributed by atoms with E-state index in [2.05, 4.69) is 10.6 Å². The van der Waals surface area contributed by atoms with Crippen LogP contribution in [0.3, 0.4) is 0 Å². The first-order valence-corrected chi connectivity index (χ1v) is 3.85. The Balaban J connectivity index is 3.48. The molecule has 0 bridgehead atoms. The minimum atomic E-state index is -0.136. The lowest BCUT2D eigenvalue weighted by molar-refractivity contribution is -0.119. The topological polar surface area (TPSA) is 58.2 Å². The van der Waals surface area contributed by atoms with Crippen LogP contribution in [0.5, 0.6) is 0 Å². The molecule has 0 aliphatic rings. The highest BCUT2D eigenvalue weighted by atomic mass is 16.2. The second-order valence-corrected chi connectivity index (χ2v) is 2.23. The van der Waals surface area contributed by atoms with Crippen molar-refractivity contribution in [1.29, 1.82) is 0 Å². The summed E-state index contributed by atoms with van der Waals surface area (Å²) in [7, 11) is 0. The van der Waals surface area contributed by atoms with E-state index in [1.807, 2.05) is 6.92 Å². The number of rotatable bonds is 4. The van der Waals surface area contributed by atoms with Crippen LogP contribution in [-0.4, -0.2) is 24.9 Å². The first-order chi connectivity index (χ1) is 5.66. The van der Waals surface area contributed by atoms with Crippen molar-refractivity contribution >= 4 is 11.8 Å². The third-order valence-corrected chi connectivity index (χ3v) is 1.09. The summed E-state index contributed by atoms with van der Waals surface area (Å²) in [6, 6.07) is 0. The van der Waals surface area contributed by atoms with Gasteiger partial charge in [-0.2, -0.15) is 0 Å². The van der Waals surface area contributed by atoms with E-state index >= 15 is 0 Å². The van der Waals surface area contributed by atoms with Crippen molar-refractivity contribution in [1.82, 2.24) is 10.6 Å². The normalized spacial score (nSPS) is 9.83. The van der Waals surface area contributed by atoms with E-state index in [1.54, 1.807) is 6.08 Å². The third-order valence-electron chi connectivity index (χ3n) is 1.09.